The summed E-state index contributed by atoms with van der Waals surface area (Å²) in [6, 6.07) is 7.95. The van der Waals surface area contributed by atoms with Gasteiger partial charge in [0, 0.05) is 0 Å². The van der Waals surface area contributed by atoms with Gasteiger partial charge in [-0.1, -0.05) is 0 Å². The van der Waals surface area contributed by atoms with E-state index in [1.165, 1.54) is 0 Å². The Balaban J connectivity index is 2.12. The molecule has 0 aliphatic heterocycles. The van der Waals surface area contributed by atoms with Crippen LogP contribution in [0.1, 0.15) is 52.9 Å². The summed E-state index contributed by atoms with van der Waals surface area (Å²) in [6.45, 7) is 8.05. The maximum atomic E-state index is 12.0. The Bertz CT molecular complexity index is 992. The van der Waals surface area contributed by atoms with Crippen LogP contribution in [0.2, 0.25) is 0 Å². The number of fused-ring (bicyclic) bond motifs is 1. The van der Waals surface area contributed by atoms with Crippen LogP contribution in [-0.2, 0) is 4.74 Å². The van der Waals surface area contributed by atoms with Gasteiger partial charge in [-0.25, -0.2) is 0 Å². The first-order chi connectivity index (χ1) is 11.9. The van der Waals surface area contributed by atoms with Gasteiger partial charge in [0.05, 0.1) is 0 Å². The topological polar surface area (TPSA) is 76.1 Å². The number of aromatic nitrogens is 1. The summed E-state index contributed by atoms with van der Waals surface area (Å²) in [5, 5.41) is 10.4. The maximum absolute atomic E-state index is 12.0. The quantitative estimate of drug-likeness (QED) is 0.487. The Labute approximate surface area is 152 Å². The van der Waals surface area contributed by atoms with E-state index in [0.717, 1.165) is 21.3 Å². The molecule has 0 saturated heterocycles. The summed E-state index contributed by atoms with van der Waals surface area (Å²) < 4.78 is 12.4. The Morgan fingerprint density at radius 1 is 1.40 bits per heavy atom. The van der Waals surface area contributed by atoms with Crippen molar-refractivity contribution in [3.8, 4) is 16.2 Å². The van der Waals surface area contributed by atoms with E-state index in [1.54, 1.807) is 13.0 Å². The summed E-state index contributed by atoms with van der Waals surface area (Å²) in [6.07, 6.45) is 0. The average Bonchev–Trinajstić information content (AvgIpc) is 3.17. The first-order valence-corrected chi connectivity index (χ1v) is 9.78. The minimum absolute atomic E-state index is 0.235. The molecule has 3 rings (SSSR count). The molecule has 25 heavy (non-hydrogen) atoms. The number of carbonyl (C=O) groups is 1. The van der Waals surface area contributed by atoms with E-state index < -0.39 is 0 Å². The molecule has 128 valence electrons. The van der Waals surface area contributed by atoms with E-state index in [2.05, 4.69) is 11.1 Å². The third kappa shape index (κ3) is 3.26. The molecule has 0 unspecified atom stereocenters. The van der Waals surface area contributed by atoms with Gasteiger partial charge >= 0.3 is 152 Å². The molecule has 3 aromatic rings. The number of aryl methyl sites for hydroxylation is 1. The SMILES string of the molecule is CCOC(=O)c1[se]c(-c2cc(C#N)c3oc(C(C)C)cc3c2)nc1C. The Hall–Kier alpha value is -2.35. The molecule has 0 atom stereocenters. The van der Waals surface area contributed by atoms with Crippen molar-refractivity contribution in [2.45, 2.75) is 33.6 Å². The minimum atomic E-state index is -0.300. The third-order valence-electron chi connectivity index (χ3n) is 3.83. The monoisotopic (exact) mass is 402 g/mol. The fraction of sp³-hybridized carbons (Fsp3) is 0.316. The second kappa shape index (κ2) is 6.87. The van der Waals surface area contributed by atoms with Crippen LogP contribution in [0, 0.1) is 18.3 Å². The van der Waals surface area contributed by atoms with E-state index in [0.29, 0.717) is 27.9 Å². The van der Waals surface area contributed by atoms with Gasteiger partial charge in [0.2, 0.25) is 0 Å². The standard InChI is InChI=1S/C19H18N2O3Se/c1-5-23-19(22)17-11(4)21-18(25-17)13-6-12-8-15(10(2)3)24-16(12)14(7-13)9-20/h6-8,10H,5H2,1-4H3. The van der Waals surface area contributed by atoms with Crippen molar-refractivity contribution in [1.29, 1.82) is 5.26 Å². The van der Waals surface area contributed by atoms with Gasteiger partial charge in [0.15, 0.2) is 0 Å². The molecule has 0 aliphatic carbocycles. The fourth-order valence-electron chi connectivity index (χ4n) is 2.57. The van der Waals surface area contributed by atoms with E-state index in [-0.39, 0.29) is 26.4 Å². The van der Waals surface area contributed by atoms with Gasteiger partial charge in [-0.15, -0.1) is 0 Å². The molecule has 2 aromatic heterocycles. The van der Waals surface area contributed by atoms with Crippen molar-refractivity contribution in [2.75, 3.05) is 6.61 Å². The number of esters is 1. The van der Waals surface area contributed by atoms with Gasteiger partial charge in [-0.3, -0.25) is 0 Å². The van der Waals surface area contributed by atoms with Crippen LogP contribution >= 0.6 is 0 Å². The Morgan fingerprint density at radius 3 is 2.80 bits per heavy atom. The molecular weight excluding hydrogens is 383 g/mol. The van der Waals surface area contributed by atoms with Crippen molar-refractivity contribution < 1.29 is 13.9 Å². The number of nitrogens with zero attached hydrogens (tertiary/aromatic N) is 2. The van der Waals surface area contributed by atoms with Crippen LogP contribution in [-0.4, -0.2) is 32.1 Å². The zero-order chi connectivity index (χ0) is 18.1. The second-order valence-electron chi connectivity index (χ2n) is 6.01. The molecule has 0 fully saturated rings. The van der Waals surface area contributed by atoms with E-state index in [1.807, 2.05) is 32.9 Å². The second-order valence-corrected chi connectivity index (χ2v) is 8.11. The van der Waals surface area contributed by atoms with Gasteiger partial charge < -0.3 is 0 Å². The molecule has 0 amide bonds. The Morgan fingerprint density at radius 2 is 2.16 bits per heavy atom. The summed E-state index contributed by atoms with van der Waals surface area (Å²) in [7, 11) is 0. The van der Waals surface area contributed by atoms with Crippen molar-refractivity contribution in [1.82, 2.24) is 4.98 Å². The van der Waals surface area contributed by atoms with Gasteiger partial charge in [0.25, 0.3) is 0 Å². The number of rotatable bonds is 4. The molecule has 0 bridgehead atoms. The van der Waals surface area contributed by atoms with E-state index >= 15 is 0 Å². The molecule has 0 spiro atoms. The van der Waals surface area contributed by atoms with E-state index in [4.69, 9.17) is 9.15 Å². The first kappa shape index (κ1) is 17.5. The molecular formula is C19H18N2O3Se. The van der Waals surface area contributed by atoms with E-state index in [9.17, 15) is 10.1 Å². The Kier molecular flexibility index (Phi) is 4.80. The number of benzene rings is 1. The summed E-state index contributed by atoms with van der Waals surface area (Å²) >= 11 is -0.235. The third-order valence-corrected chi connectivity index (χ3v) is 6.32. The number of ether oxygens (including phenoxy) is 1. The van der Waals surface area contributed by atoms with Crippen LogP contribution in [0.3, 0.4) is 0 Å². The molecule has 6 heteroatoms. The summed E-state index contributed by atoms with van der Waals surface area (Å²) in [5.74, 6) is 0.796. The van der Waals surface area contributed by atoms with Crippen LogP contribution in [0.15, 0.2) is 22.6 Å². The average molecular weight is 401 g/mol. The van der Waals surface area contributed by atoms with Crippen molar-refractivity contribution >= 4 is 31.4 Å². The molecule has 1 aromatic carbocycles. The predicted molar refractivity (Wildman–Crippen MR) is 95.9 cm³/mol. The zero-order valence-electron chi connectivity index (χ0n) is 14.5. The summed E-state index contributed by atoms with van der Waals surface area (Å²) in [4.78, 5) is 16.6. The number of furan rings is 1. The van der Waals surface area contributed by atoms with Gasteiger partial charge in [-0.2, -0.15) is 0 Å². The summed E-state index contributed by atoms with van der Waals surface area (Å²) in [5.41, 5.74) is 2.65. The predicted octanol–water partition coefficient (Wildman–Crippen LogP) is 4.03. The van der Waals surface area contributed by atoms with Crippen molar-refractivity contribution in [2.24, 2.45) is 0 Å². The van der Waals surface area contributed by atoms with Gasteiger partial charge in [0.1, 0.15) is 0 Å². The normalized spacial score (nSPS) is 11.0. The number of hydrogen-bond acceptors (Lipinski definition) is 5. The molecule has 0 saturated carbocycles. The number of nitriles is 1. The molecule has 5 nitrogen and oxygen atoms in total. The molecule has 0 aliphatic rings. The molecule has 0 radical (unpaired) electrons. The van der Waals surface area contributed by atoms with Crippen LogP contribution in [0.4, 0.5) is 0 Å². The van der Waals surface area contributed by atoms with Crippen molar-refractivity contribution in [3.05, 3.63) is 39.7 Å². The molecule has 0 N–H and O–H groups in total. The van der Waals surface area contributed by atoms with Gasteiger partial charge in [-0.05, 0) is 0 Å². The number of carbonyl (C=O) groups excluding carboxylic acids is 1. The van der Waals surface area contributed by atoms with Crippen LogP contribution in [0.25, 0.3) is 21.1 Å². The first-order valence-electron chi connectivity index (χ1n) is 8.07. The van der Waals surface area contributed by atoms with Crippen molar-refractivity contribution in [3.63, 3.8) is 0 Å². The molecule has 2 heterocycles. The fourth-order valence-corrected chi connectivity index (χ4v) is 4.56. The number of hydrogen-bond donors (Lipinski definition) is 0. The van der Waals surface area contributed by atoms with Crippen LogP contribution in [0.5, 0.6) is 0 Å². The zero-order valence-corrected chi connectivity index (χ0v) is 16.3. The van der Waals surface area contributed by atoms with Crippen LogP contribution < -0.4 is 0 Å².